The van der Waals surface area contributed by atoms with Gasteiger partial charge < -0.3 is 10.2 Å². The maximum absolute atomic E-state index is 12.9. The second-order valence-corrected chi connectivity index (χ2v) is 4.40. The van der Waals surface area contributed by atoms with Crippen molar-refractivity contribution in [1.82, 2.24) is 9.97 Å². The summed E-state index contributed by atoms with van der Waals surface area (Å²) in [6.07, 6.45) is 1.54. The second-order valence-electron chi connectivity index (χ2n) is 4.40. The van der Waals surface area contributed by atoms with Gasteiger partial charge in [0, 0.05) is 26.2 Å². The van der Waals surface area contributed by atoms with Gasteiger partial charge in [0.1, 0.15) is 23.8 Å². The minimum atomic E-state index is -0.220. The molecule has 0 spiro atoms. The van der Waals surface area contributed by atoms with Gasteiger partial charge >= 0.3 is 0 Å². The van der Waals surface area contributed by atoms with E-state index in [0.717, 1.165) is 22.8 Å². The number of nitrogens with zero attached hydrogens (tertiary/aromatic N) is 3. The van der Waals surface area contributed by atoms with Crippen LogP contribution in [0.2, 0.25) is 0 Å². The lowest BCUT2D eigenvalue weighted by atomic mass is 10.2. The SMILES string of the molecule is CNc1ncnc(N(C)Cc2ccc(F)cc2)c1C. The van der Waals surface area contributed by atoms with E-state index < -0.39 is 0 Å². The molecule has 19 heavy (non-hydrogen) atoms. The average Bonchev–Trinajstić information content (AvgIpc) is 2.41. The summed E-state index contributed by atoms with van der Waals surface area (Å²) < 4.78 is 12.9. The van der Waals surface area contributed by atoms with E-state index in [-0.39, 0.29) is 5.82 Å². The van der Waals surface area contributed by atoms with Gasteiger partial charge in [0.25, 0.3) is 0 Å². The molecule has 0 aliphatic heterocycles. The van der Waals surface area contributed by atoms with Gasteiger partial charge in [-0.25, -0.2) is 14.4 Å². The molecule has 100 valence electrons. The van der Waals surface area contributed by atoms with E-state index in [1.165, 1.54) is 18.5 Å². The molecule has 0 saturated carbocycles. The van der Waals surface area contributed by atoms with Crippen LogP contribution < -0.4 is 10.2 Å². The third kappa shape index (κ3) is 2.99. The smallest absolute Gasteiger partial charge is 0.137 e. The Morgan fingerprint density at radius 3 is 2.53 bits per heavy atom. The quantitative estimate of drug-likeness (QED) is 0.917. The van der Waals surface area contributed by atoms with Crippen LogP contribution in [-0.2, 0) is 6.54 Å². The standard InChI is InChI=1S/C14H17FN4/c1-10-13(16-2)17-9-18-14(10)19(3)8-11-4-6-12(15)7-5-11/h4-7,9H,8H2,1-3H3,(H,16,17,18). The van der Waals surface area contributed by atoms with Crippen LogP contribution in [0.5, 0.6) is 0 Å². The number of nitrogens with one attached hydrogen (secondary N) is 1. The molecule has 0 amide bonds. The van der Waals surface area contributed by atoms with Crippen molar-refractivity contribution < 1.29 is 4.39 Å². The van der Waals surface area contributed by atoms with Gasteiger partial charge in [-0.15, -0.1) is 0 Å². The molecule has 5 heteroatoms. The molecule has 2 rings (SSSR count). The van der Waals surface area contributed by atoms with Crippen LogP contribution in [0, 0.1) is 12.7 Å². The summed E-state index contributed by atoms with van der Waals surface area (Å²) in [6, 6.07) is 6.49. The highest BCUT2D eigenvalue weighted by molar-refractivity contribution is 5.57. The maximum atomic E-state index is 12.9. The first-order valence-electron chi connectivity index (χ1n) is 6.06. The Balaban J connectivity index is 2.20. The third-order valence-corrected chi connectivity index (χ3v) is 2.99. The first-order valence-corrected chi connectivity index (χ1v) is 6.06. The Kier molecular flexibility index (Phi) is 3.94. The Morgan fingerprint density at radius 2 is 1.89 bits per heavy atom. The van der Waals surface area contributed by atoms with Gasteiger partial charge in [-0.2, -0.15) is 0 Å². The van der Waals surface area contributed by atoms with Gasteiger partial charge in [0.05, 0.1) is 0 Å². The van der Waals surface area contributed by atoms with Crippen molar-refractivity contribution in [3.8, 4) is 0 Å². The zero-order chi connectivity index (χ0) is 13.8. The summed E-state index contributed by atoms with van der Waals surface area (Å²) >= 11 is 0. The van der Waals surface area contributed by atoms with Crippen LogP contribution in [0.4, 0.5) is 16.0 Å². The van der Waals surface area contributed by atoms with E-state index in [2.05, 4.69) is 15.3 Å². The molecular weight excluding hydrogens is 243 g/mol. The molecule has 1 heterocycles. The predicted molar refractivity (Wildman–Crippen MR) is 74.8 cm³/mol. The number of rotatable bonds is 4. The van der Waals surface area contributed by atoms with Gasteiger partial charge in [0.15, 0.2) is 0 Å². The van der Waals surface area contributed by atoms with Crippen molar-refractivity contribution in [3.05, 3.63) is 47.5 Å². The first kappa shape index (κ1) is 13.3. The zero-order valence-electron chi connectivity index (χ0n) is 11.3. The Labute approximate surface area is 112 Å². The third-order valence-electron chi connectivity index (χ3n) is 2.99. The molecule has 0 aliphatic rings. The highest BCUT2D eigenvalue weighted by atomic mass is 19.1. The summed E-state index contributed by atoms with van der Waals surface area (Å²) in [7, 11) is 3.79. The molecule has 0 atom stereocenters. The monoisotopic (exact) mass is 260 g/mol. The summed E-state index contributed by atoms with van der Waals surface area (Å²) in [6.45, 7) is 2.64. The number of anilines is 2. The molecular formula is C14H17FN4. The van der Waals surface area contributed by atoms with Crippen molar-refractivity contribution in [2.24, 2.45) is 0 Å². The Hall–Kier alpha value is -2.17. The molecule has 0 radical (unpaired) electrons. The van der Waals surface area contributed by atoms with Crippen molar-refractivity contribution in [2.45, 2.75) is 13.5 Å². The largest absolute Gasteiger partial charge is 0.373 e. The molecule has 1 N–H and O–H groups in total. The van der Waals surface area contributed by atoms with Crippen LogP contribution in [0.1, 0.15) is 11.1 Å². The maximum Gasteiger partial charge on any atom is 0.137 e. The lowest BCUT2D eigenvalue weighted by Gasteiger charge is -2.21. The fourth-order valence-corrected chi connectivity index (χ4v) is 2.02. The van der Waals surface area contributed by atoms with Gasteiger partial charge in [0.2, 0.25) is 0 Å². The fourth-order valence-electron chi connectivity index (χ4n) is 2.02. The fraction of sp³-hybridized carbons (Fsp3) is 0.286. The first-order chi connectivity index (χ1) is 9.11. The van der Waals surface area contributed by atoms with Crippen LogP contribution in [0.3, 0.4) is 0 Å². The number of benzene rings is 1. The average molecular weight is 260 g/mol. The number of aromatic nitrogens is 2. The number of hydrogen-bond acceptors (Lipinski definition) is 4. The van der Waals surface area contributed by atoms with Crippen LogP contribution in [0.15, 0.2) is 30.6 Å². The lowest BCUT2D eigenvalue weighted by Crippen LogP contribution is -2.19. The second kappa shape index (κ2) is 5.65. The predicted octanol–water partition coefficient (Wildman–Crippen LogP) is 2.60. The van der Waals surface area contributed by atoms with Crippen molar-refractivity contribution in [1.29, 1.82) is 0 Å². The van der Waals surface area contributed by atoms with Gasteiger partial charge in [-0.3, -0.25) is 0 Å². The minimum absolute atomic E-state index is 0.220. The molecule has 4 nitrogen and oxygen atoms in total. The summed E-state index contributed by atoms with van der Waals surface area (Å²) in [5.74, 6) is 1.46. The topological polar surface area (TPSA) is 41.1 Å². The molecule has 2 aromatic rings. The molecule has 1 aromatic heterocycles. The Bertz CT molecular complexity index is 554. The summed E-state index contributed by atoms with van der Waals surface area (Å²) in [5, 5.41) is 3.03. The van der Waals surface area contributed by atoms with Crippen molar-refractivity contribution in [3.63, 3.8) is 0 Å². The van der Waals surface area contributed by atoms with E-state index >= 15 is 0 Å². The van der Waals surface area contributed by atoms with E-state index in [1.54, 1.807) is 12.1 Å². The zero-order valence-corrected chi connectivity index (χ0v) is 11.3. The van der Waals surface area contributed by atoms with E-state index in [9.17, 15) is 4.39 Å². The molecule has 0 saturated heterocycles. The summed E-state index contributed by atoms with van der Waals surface area (Å²) in [5.41, 5.74) is 2.03. The number of hydrogen-bond donors (Lipinski definition) is 1. The van der Waals surface area contributed by atoms with Crippen LogP contribution in [-0.4, -0.2) is 24.1 Å². The van der Waals surface area contributed by atoms with Gasteiger partial charge in [-0.1, -0.05) is 12.1 Å². The van der Waals surface area contributed by atoms with E-state index in [4.69, 9.17) is 0 Å². The van der Waals surface area contributed by atoms with Crippen LogP contribution >= 0.6 is 0 Å². The van der Waals surface area contributed by atoms with E-state index in [0.29, 0.717) is 6.54 Å². The lowest BCUT2D eigenvalue weighted by molar-refractivity contribution is 0.627. The summed E-state index contributed by atoms with van der Waals surface area (Å²) in [4.78, 5) is 10.5. The Morgan fingerprint density at radius 1 is 1.21 bits per heavy atom. The van der Waals surface area contributed by atoms with E-state index in [1.807, 2.05) is 25.9 Å². The molecule has 0 fully saturated rings. The molecule has 0 bridgehead atoms. The van der Waals surface area contributed by atoms with Gasteiger partial charge in [-0.05, 0) is 24.6 Å². The minimum Gasteiger partial charge on any atom is -0.373 e. The van der Waals surface area contributed by atoms with Crippen LogP contribution in [0.25, 0.3) is 0 Å². The van der Waals surface area contributed by atoms with Crippen molar-refractivity contribution in [2.75, 3.05) is 24.3 Å². The highest BCUT2D eigenvalue weighted by Crippen LogP contribution is 2.22. The molecule has 0 aliphatic carbocycles. The molecule has 1 aromatic carbocycles. The number of halogens is 1. The highest BCUT2D eigenvalue weighted by Gasteiger charge is 2.10. The van der Waals surface area contributed by atoms with Crippen molar-refractivity contribution >= 4 is 11.6 Å². The molecule has 0 unspecified atom stereocenters. The normalized spacial score (nSPS) is 10.3.